The van der Waals surface area contributed by atoms with Crippen molar-refractivity contribution in [2.45, 2.75) is 52.5 Å². The topological polar surface area (TPSA) is 65.5 Å². The number of carbonyl (C=O) groups is 1. The van der Waals surface area contributed by atoms with Crippen LogP contribution in [0, 0.1) is 5.92 Å². The van der Waals surface area contributed by atoms with Crippen molar-refractivity contribution < 1.29 is 4.79 Å². The summed E-state index contributed by atoms with van der Waals surface area (Å²) in [5, 5.41) is 9.46. The third kappa shape index (κ3) is 7.93. The summed E-state index contributed by atoms with van der Waals surface area (Å²) < 4.78 is 0. The summed E-state index contributed by atoms with van der Waals surface area (Å²) in [5.41, 5.74) is 2.69. The van der Waals surface area contributed by atoms with Crippen molar-refractivity contribution in [3.63, 3.8) is 0 Å². The molecule has 0 heterocycles. The van der Waals surface area contributed by atoms with Crippen LogP contribution in [0.4, 0.5) is 0 Å². The molecule has 1 fully saturated rings. The van der Waals surface area contributed by atoms with Crippen LogP contribution in [0.15, 0.2) is 29.3 Å². The highest BCUT2D eigenvalue weighted by Gasteiger charge is 2.28. The van der Waals surface area contributed by atoms with Gasteiger partial charge in [-0.3, -0.25) is 4.79 Å². The average Bonchev–Trinajstić information content (AvgIpc) is 3.40. The summed E-state index contributed by atoms with van der Waals surface area (Å²) in [5.74, 6) is 1.23. The van der Waals surface area contributed by atoms with Gasteiger partial charge in [0.1, 0.15) is 0 Å². The van der Waals surface area contributed by atoms with E-state index >= 15 is 0 Å². The molecule has 0 aliphatic heterocycles. The molecule has 146 valence electrons. The number of guanidine groups is 1. The molecule has 1 saturated carbocycles. The van der Waals surface area contributed by atoms with E-state index in [1.54, 1.807) is 0 Å². The lowest BCUT2D eigenvalue weighted by atomic mass is 9.87. The quantitative estimate of drug-likeness (QED) is 0.247. The van der Waals surface area contributed by atoms with Gasteiger partial charge in [-0.1, -0.05) is 45.0 Å². The van der Waals surface area contributed by atoms with Gasteiger partial charge in [-0.05, 0) is 36.3 Å². The summed E-state index contributed by atoms with van der Waals surface area (Å²) in [4.78, 5) is 16.2. The van der Waals surface area contributed by atoms with Crippen molar-refractivity contribution in [1.29, 1.82) is 0 Å². The third-order valence-corrected chi connectivity index (χ3v) is 4.25. The maximum Gasteiger partial charge on any atom is 0.223 e. The van der Waals surface area contributed by atoms with E-state index in [4.69, 9.17) is 0 Å². The van der Waals surface area contributed by atoms with Crippen molar-refractivity contribution in [3.05, 3.63) is 35.4 Å². The first kappa shape index (κ1) is 22.7. The second-order valence-electron chi connectivity index (χ2n) is 7.63. The monoisotopic (exact) mass is 472 g/mol. The Labute approximate surface area is 174 Å². The van der Waals surface area contributed by atoms with E-state index in [0.717, 1.165) is 25.3 Å². The summed E-state index contributed by atoms with van der Waals surface area (Å²) >= 11 is 0. The van der Waals surface area contributed by atoms with Crippen LogP contribution in [0.2, 0.25) is 0 Å². The van der Waals surface area contributed by atoms with E-state index in [1.807, 2.05) is 6.92 Å². The average molecular weight is 472 g/mol. The van der Waals surface area contributed by atoms with Gasteiger partial charge in [0, 0.05) is 25.6 Å². The molecule has 2 rings (SSSR count). The van der Waals surface area contributed by atoms with E-state index in [2.05, 4.69) is 66.0 Å². The number of aliphatic imine (C=N–C) groups is 1. The Morgan fingerprint density at radius 1 is 1.08 bits per heavy atom. The lowest BCUT2D eigenvalue weighted by Gasteiger charge is -2.19. The van der Waals surface area contributed by atoms with Crippen LogP contribution in [0.25, 0.3) is 0 Å². The molecular formula is C20H33IN4O. The summed E-state index contributed by atoms with van der Waals surface area (Å²) in [6.45, 7) is 11.4. The van der Waals surface area contributed by atoms with Gasteiger partial charge in [0.2, 0.25) is 5.91 Å². The molecular weight excluding hydrogens is 439 g/mol. The Hall–Kier alpha value is -1.31. The Morgan fingerprint density at radius 2 is 1.69 bits per heavy atom. The fraction of sp³-hybridized carbons (Fsp3) is 0.600. The van der Waals surface area contributed by atoms with Gasteiger partial charge >= 0.3 is 0 Å². The van der Waals surface area contributed by atoms with Crippen LogP contribution in [0.1, 0.15) is 51.7 Å². The molecule has 1 aliphatic carbocycles. The van der Waals surface area contributed by atoms with Crippen LogP contribution in [0.5, 0.6) is 0 Å². The molecule has 3 N–H and O–H groups in total. The highest BCUT2D eigenvalue weighted by Crippen LogP contribution is 2.28. The SMILES string of the molecule is CCNC(=NCc1ccc(C(C)(C)C)cc1)NCCNC(=O)C1CC1.I. The molecule has 1 amide bonds. The van der Waals surface area contributed by atoms with Gasteiger partial charge in [0.15, 0.2) is 5.96 Å². The lowest BCUT2D eigenvalue weighted by molar-refractivity contribution is -0.122. The van der Waals surface area contributed by atoms with Crippen LogP contribution < -0.4 is 16.0 Å². The summed E-state index contributed by atoms with van der Waals surface area (Å²) in [6, 6.07) is 8.64. The van der Waals surface area contributed by atoms with Gasteiger partial charge in [-0.15, -0.1) is 24.0 Å². The van der Waals surface area contributed by atoms with Gasteiger partial charge in [-0.25, -0.2) is 4.99 Å². The molecule has 1 aromatic carbocycles. The van der Waals surface area contributed by atoms with Gasteiger partial charge in [0.05, 0.1) is 6.54 Å². The van der Waals surface area contributed by atoms with Crippen molar-refractivity contribution >= 4 is 35.8 Å². The Bertz CT molecular complexity index is 589. The van der Waals surface area contributed by atoms with E-state index in [-0.39, 0.29) is 41.2 Å². The van der Waals surface area contributed by atoms with E-state index < -0.39 is 0 Å². The highest BCUT2D eigenvalue weighted by molar-refractivity contribution is 14.0. The number of benzene rings is 1. The zero-order chi connectivity index (χ0) is 18.3. The fourth-order valence-corrected chi connectivity index (χ4v) is 2.48. The molecule has 0 radical (unpaired) electrons. The van der Waals surface area contributed by atoms with E-state index in [9.17, 15) is 4.79 Å². The van der Waals surface area contributed by atoms with Crippen LogP contribution in [0.3, 0.4) is 0 Å². The molecule has 0 saturated heterocycles. The molecule has 0 aromatic heterocycles. The van der Waals surface area contributed by atoms with E-state index in [1.165, 1.54) is 11.1 Å². The Kier molecular flexibility index (Phi) is 9.39. The van der Waals surface area contributed by atoms with Crippen LogP contribution >= 0.6 is 24.0 Å². The predicted octanol–water partition coefficient (Wildman–Crippen LogP) is 3.18. The largest absolute Gasteiger partial charge is 0.357 e. The maximum absolute atomic E-state index is 11.6. The lowest BCUT2D eigenvalue weighted by Crippen LogP contribution is -2.41. The minimum absolute atomic E-state index is 0. The minimum atomic E-state index is 0. The van der Waals surface area contributed by atoms with Crippen molar-refractivity contribution in [2.24, 2.45) is 10.9 Å². The first-order valence-corrected chi connectivity index (χ1v) is 9.29. The zero-order valence-corrected chi connectivity index (χ0v) is 18.7. The molecule has 5 nitrogen and oxygen atoms in total. The molecule has 0 unspecified atom stereocenters. The number of hydrogen-bond acceptors (Lipinski definition) is 2. The van der Waals surface area contributed by atoms with Crippen molar-refractivity contribution in [2.75, 3.05) is 19.6 Å². The normalized spacial score (nSPS) is 14.4. The van der Waals surface area contributed by atoms with Gasteiger partial charge in [0.25, 0.3) is 0 Å². The number of halogens is 1. The number of nitrogens with zero attached hydrogens (tertiary/aromatic N) is 1. The highest BCUT2D eigenvalue weighted by atomic mass is 127. The summed E-state index contributed by atoms with van der Waals surface area (Å²) in [6.07, 6.45) is 2.08. The van der Waals surface area contributed by atoms with Gasteiger partial charge in [-0.2, -0.15) is 0 Å². The molecule has 0 spiro atoms. The second-order valence-corrected chi connectivity index (χ2v) is 7.63. The molecule has 0 atom stereocenters. The molecule has 1 aromatic rings. The van der Waals surface area contributed by atoms with E-state index in [0.29, 0.717) is 19.6 Å². The fourth-order valence-electron chi connectivity index (χ4n) is 2.48. The number of carbonyl (C=O) groups excluding carboxylic acids is 1. The van der Waals surface area contributed by atoms with Crippen molar-refractivity contribution in [3.8, 4) is 0 Å². The molecule has 6 heteroatoms. The predicted molar refractivity (Wildman–Crippen MR) is 119 cm³/mol. The van der Waals surface area contributed by atoms with Crippen molar-refractivity contribution in [1.82, 2.24) is 16.0 Å². The minimum Gasteiger partial charge on any atom is -0.357 e. The number of nitrogens with one attached hydrogen (secondary N) is 3. The number of rotatable bonds is 7. The Morgan fingerprint density at radius 3 is 2.23 bits per heavy atom. The molecule has 0 bridgehead atoms. The maximum atomic E-state index is 11.6. The smallest absolute Gasteiger partial charge is 0.223 e. The van der Waals surface area contributed by atoms with Crippen LogP contribution in [-0.2, 0) is 16.8 Å². The summed E-state index contributed by atoms with van der Waals surface area (Å²) in [7, 11) is 0. The first-order valence-electron chi connectivity index (χ1n) is 9.29. The first-order chi connectivity index (χ1) is 11.9. The third-order valence-electron chi connectivity index (χ3n) is 4.25. The number of amides is 1. The second kappa shape index (κ2) is 10.7. The number of hydrogen-bond donors (Lipinski definition) is 3. The molecule has 1 aliphatic rings. The van der Waals surface area contributed by atoms with Crippen LogP contribution in [-0.4, -0.2) is 31.5 Å². The molecule has 26 heavy (non-hydrogen) atoms. The van der Waals surface area contributed by atoms with Gasteiger partial charge < -0.3 is 16.0 Å². The zero-order valence-electron chi connectivity index (χ0n) is 16.4. The standard InChI is InChI=1S/C20H32N4O.HI/c1-5-21-19(23-13-12-22-18(25)16-8-9-16)24-14-15-6-10-17(11-7-15)20(2,3)4;/h6-7,10-11,16H,5,8-9,12-14H2,1-4H3,(H,22,25)(H2,21,23,24);1H. The Balaban J connectivity index is 0.00000338.